The van der Waals surface area contributed by atoms with E-state index in [2.05, 4.69) is 23.5 Å². The van der Waals surface area contributed by atoms with Crippen molar-refractivity contribution in [1.29, 1.82) is 0 Å². The zero-order chi connectivity index (χ0) is 18.2. The average molecular weight is 369 g/mol. The molecule has 25 heavy (non-hydrogen) atoms. The van der Waals surface area contributed by atoms with E-state index >= 15 is 0 Å². The number of carbonyl (C=O) groups is 1. The highest BCUT2D eigenvalue weighted by Gasteiger charge is 2.34. The van der Waals surface area contributed by atoms with Gasteiger partial charge in [-0.05, 0) is 32.1 Å². The molecule has 0 radical (unpaired) electrons. The molecule has 144 valence electrons. The molecule has 1 fully saturated rings. The topological polar surface area (TPSA) is 35.5 Å². The first kappa shape index (κ1) is 22.4. The first-order valence-corrected chi connectivity index (χ1v) is 11.0. The van der Waals surface area contributed by atoms with Crippen LogP contribution in [0.5, 0.6) is 0 Å². The van der Waals surface area contributed by atoms with Gasteiger partial charge in [0.1, 0.15) is 4.93 Å². The standard InChI is InChI=1S/C21H36O3S/c1-3-4-5-6-7-10-13-16-21(24-18-19-25-21)17-14-11-8-9-12-15-20(22)23-2/h3-6,8-9,11-19H2,1-2H3. The molecule has 0 amide bonds. The maximum Gasteiger partial charge on any atom is 0.305 e. The lowest BCUT2D eigenvalue weighted by atomic mass is 10.0. The summed E-state index contributed by atoms with van der Waals surface area (Å²) in [5, 5.41) is 0. The summed E-state index contributed by atoms with van der Waals surface area (Å²) in [6.45, 7) is 3.11. The van der Waals surface area contributed by atoms with Crippen molar-refractivity contribution in [2.24, 2.45) is 0 Å². The number of thioether (sulfide) groups is 1. The van der Waals surface area contributed by atoms with Crippen LogP contribution >= 0.6 is 11.8 Å². The van der Waals surface area contributed by atoms with E-state index in [9.17, 15) is 4.79 Å². The van der Waals surface area contributed by atoms with Gasteiger partial charge in [-0.25, -0.2) is 0 Å². The van der Waals surface area contributed by atoms with Crippen LogP contribution in [0.4, 0.5) is 0 Å². The number of hydrogen-bond acceptors (Lipinski definition) is 4. The minimum atomic E-state index is -0.0921. The van der Waals surface area contributed by atoms with Crippen molar-refractivity contribution in [3.63, 3.8) is 0 Å². The van der Waals surface area contributed by atoms with Gasteiger partial charge in [0, 0.05) is 25.0 Å². The van der Waals surface area contributed by atoms with Crippen LogP contribution in [-0.4, -0.2) is 30.4 Å². The Hall–Kier alpha value is -0.660. The summed E-state index contributed by atoms with van der Waals surface area (Å²) < 4.78 is 10.8. The largest absolute Gasteiger partial charge is 0.469 e. The van der Waals surface area contributed by atoms with E-state index in [0.717, 1.165) is 50.9 Å². The minimum absolute atomic E-state index is 0.0180. The third-order valence-corrected chi connectivity index (χ3v) is 6.06. The molecule has 3 nitrogen and oxygen atoms in total. The molecule has 0 bridgehead atoms. The molecule has 1 rings (SSSR count). The van der Waals surface area contributed by atoms with Crippen LogP contribution in [-0.2, 0) is 14.3 Å². The molecule has 0 aromatic carbocycles. The van der Waals surface area contributed by atoms with Crippen molar-refractivity contribution < 1.29 is 14.3 Å². The van der Waals surface area contributed by atoms with Crippen LogP contribution in [0.1, 0.15) is 90.4 Å². The Balaban J connectivity index is 2.13. The molecule has 1 aliphatic heterocycles. The zero-order valence-electron chi connectivity index (χ0n) is 16.2. The lowest BCUT2D eigenvalue weighted by Crippen LogP contribution is -2.23. The van der Waals surface area contributed by atoms with Gasteiger partial charge in [-0.2, -0.15) is 0 Å². The molecule has 0 aliphatic carbocycles. The monoisotopic (exact) mass is 368 g/mol. The molecule has 1 unspecified atom stereocenters. The van der Waals surface area contributed by atoms with E-state index in [-0.39, 0.29) is 10.9 Å². The molecule has 4 heteroatoms. The van der Waals surface area contributed by atoms with E-state index in [1.54, 1.807) is 0 Å². The molecular weight excluding hydrogens is 332 g/mol. The van der Waals surface area contributed by atoms with Crippen molar-refractivity contribution in [2.75, 3.05) is 19.5 Å². The second-order valence-corrected chi connectivity index (χ2v) is 8.20. The van der Waals surface area contributed by atoms with E-state index in [1.165, 1.54) is 45.6 Å². The average Bonchev–Trinajstić information content (AvgIpc) is 3.09. The second kappa shape index (κ2) is 14.5. The van der Waals surface area contributed by atoms with Crippen LogP contribution in [0.15, 0.2) is 0 Å². The van der Waals surface area contributed by atoms with Crippen LogP contribution in [0, 0.1) is 11.8 Å². The lowest BCUT2D eigenvalue weighted by Gasteiger charge is -2.26. The summed E-state index contributed by atoms with van der Waals surface area (Å²) in [5.41, 5.74) is 0. The normalized spacial score (nSPS) is 19.4. The van der Waals surface area contributed by atoms with Crippen molar-refractivity contribution in [3.8, 4) is 11.8 Å². The number of carbonyl (C=O) groups excluding carboxylic acids is 1. The van der Waals surface area contributed by atoms with Gasteiger partial charge >= 0.3 is 5.97 Å². The van der Waals surface area contributed by atoms with Gasteiger partial charge in [0.05, 0.1) is 13.7 Å². The number of ether oxygens (including phenoxy) is 2. The maximum atomic E-state index is 11.1. The fourth-order valence-electron chi connectivity index (χ4n) is 3.10. The fraction of sp³-hybridized carbons (Fsp3) is 0.857. The van der Waals surface area contributed by atoms with Crippen LogP contribution in [0.25, 0.3) is 0 Å². The van der Waals surface area contributed by atoms with E-state index in [4.69, 9.17) is 4.74 Å². The van der Waals surface area contributed by atoms with Gasteiger partial charge in [0.2, 0.25) is 0 Å². The van der Waals surface area contributed by atoms with Crippen molar-refractivity contribution >= 4 is 17.7 Å². The molecule has 1 heterocycles. The smallest absolute Gasteiger partial charge is 0.305 e. The predicted octanol–water partition coefficient (Wildman–Crippen LogP) is 5.71. The number of unbranched alkanes of at least 4 members (excludes halogenated alkanes) is 7. The fourth-order valence-corrected chi connectivity index (χ4v) is 4.34. The summed E-state index contributed by atoms with van der Waals surface area (Å²) in [6.07, 6.45) is 14.2. The number of esters is 1. The maximum absolute atomic E-state index is 11.1. The number of methoxy groups -OCH3 is 1. The highest BCUT2D eigenvalue weighted by molar-refractivity contribution is 8.00. The number of hydrogen-bond donors (Lipinski definition) is 0. The second-order valence-electron chi connectivity index (χ2n) is 6.76. The molecule has 0 N–H and O–H groups in total. The highest BCUT2D eigenvalue weighted by Crippen LogP contribution is 2.41. The van der Waals surface area contributed by atoms with Gasteiger partial charge in [-0.3, -0.25) is 4.79 Å². The predicted molar refractivity (Wildman–Crippen MR) is 107 cm³/mol. The number of rotatable bonds is 13. The lowest BCUT2D eigenvalue weighted by molar-refractivity contribution is -0.140. The summed E-state index contributed by atoms with van der Waals surface area (Å²) >= 11 is 1.99. The molecule has 1 atom stereocenters. The summed E-state index contributed by atoms with van der Waals surface area (Å²) in [7, 11) is 1.45. The Morgan fingerprint density at radius 3 is 2.52 bits per heavy atom. The summed E-state index contributed by atoms with van der Waals surface area (Å²) in [6, 6.07) is 0. The summed E-state index contributed by atoms with van der Waals surface area (Å²) in [5.74, 6) is 7.68. The van der Waals surface area contributed by atoms with E-state index < -0.39 is 0 Å². The van der Waals surface area contributed by atoms with E-state index in [1.807, 2.05) is 11.8 Å². The van der Waals surface area contributed by atoms with Crippen LogP contribution in [0.3, 0.4) is 0 Å². The summed E-state index contributed by atoms with van der Waals surface area (Å²) in [4.78, 5) is 11.1. The van der Waals surface area contributed by atoms with Crippen LogP contribution < -0.4 is 0 Å². The van der Waals surface area contributed by atoms with Gasteiger partial charge in [0.15, 0.2) is 0 Å². The van der Waals surface area contributed by atoms with Crippen molar-refractivity contribution in [2.45, 2.75) is 95.3 Å². The highest BCUT2D eigenvalue weighted by atomic mass is 32.2. The van der Waals surface area contributed by atoms with E-state index in [0.29, 0.717) is 6.42 Å². The van der Waals surface area contributed by atoms with Crippen molar-refractivity contribution in [3.05, 3.63) is 0 Å². The Morgan fingerprint density at radius 2 is 1.80 bits per heavy atom. The Labute approximate surface area is 159 Å². The molecule has 1 saturated heterocycles. The Bertz CT molecular complexity index is 405. The molecule has 0 saturated carbocycles. The molecule has 0 aromatic heterocycles. The minimum Gasteiger partial charge on any atom is -0.469 e. The Morgan fingerprint density at radius 1 is 1.04 bits per heavy atom. The molecule has 1 aliphatic rings. The van der Waals surface area contributed by atoms with Gasteiger partial charge in [0.25, 0.3) is 0 Å². The quantitative estimate of drug-likeness (QED) is 0.237. The molecule has 0 spiro atoms. The van der Waals surface area contributed by atoms with Gasteiger partial charge in [-0.1, -0.05) is 39.0 Å². The van der Waals surface area contributed by atoms with Crippen LogP contribution in [0.2, 0.25) is 0 Å². The molecular formula is C21H36O3S. The first-order valence-electron chi connectivity index (χ1n) is 10.0. The van der Waals surface area contributed by atoms with Gasteiger partial charge < -0.3 is 9.47 Å². The third kappa shape index (κ3) is 10.8. The van der Waals surface area contributed by atoms with Crippen molar-refractivity contribution in [1.82, 2.24) is 0 Å². The zero-order valence-corrected chi connectivity index (χ0v) is 17.1. The SMILES string of the molecule is CCCCCC#CCCC1(CCCCCCCC(=O)OC)OCCS1. The first-order chi connectivity index (χ1) is 12.2. The Kier molecular flexibility index (Phi) is 13.0. The van der Waals surface area contributed by atoms with Gasteiger partial charge in [-0.15, -0.1) is 23.6 Å². The molecule has 0 aromatic rings. The third-order valence-electron chi connectivity index (χ3n) is 4.64.